The zero-order valence-electron chi connectivity index (χ0n) is 16.3. The average Bonchev–Trinajstić information content (AvgIpc) is 2.69. The molecular weight excluding hydrogens is 380 g/mol. The minimum Gasteiger partial charge on any atom is -0.626 e. The summed E-state index contributed by atoms with van der Waals surface area (Å²) >= 11 is 0. The van der Waals surface area contributed by atoms with Gasteiger partial charge in [-0.1, -0.05) is 6.07 Å². The molecule has 5 N–H and O–H groups in total. The summed E-state index contributed by atoms with van der Waals surface area (Å²) in [5.41, 5.74) is 5.89. The molecule has 0 saturated carbocycles. The Morgan fingerprint density at radius 3 is 2.79 bits per heavy atom. The van der Waals surface area contributed by atoms with Gasteiger partial charge < -0.3 is 21.0 Å². The highest BCUT2D eigenvalue weighted by Crippen LogP contribution is 2.21. The Morgan fingerprint density at radius 1 is 1.34 bits per heavy atom. The Balaban J connectivity index is 2.00. The van der Waals surface area contributed by atoms with Crippen molar-refractivity contribution in [2.24, 2.45) is 5.73 Å². The standard InChI is InChI=1S/C19H26N4O6/c1-12-13(19(27)23(28)14-7-8-16(24)22-18(14)26)5-4-6-15(12)29-11-17(25)21-10-3-2-9-20/h4-6,14,23H,2-3,7-11,20H2,1H3,(H,21,25)(H,22,24,26). The molecular formula is C19H26N4O6. The highest BCUT2D eigenvalue weighted by Gasteiger charge is 2.35. The van der Waals surface area contributed by atoms with Gasteiger partial charge in [0.05, 0.1) is 5.56 Å². The topological polar surface area (TPSA) is 155 Å². The second-order valence-electron chi connectivity index (χ2n) is 6.76. The molecule has 1 fully saturated rings. The molecule has 2 unspecified atom stereocenters. The summed E-state index contributed by atoms with van der Waals surface area (Å²) in [6.45, 7) is 2.42. The van der Waals surface area contributed by atoms with Crippen molar-refractivity contribution in [3.8, 4) is 5.75 Å². The number of benzene rings is 1. The fraction of sp³-hybridized carbons (Fsp3) is 0.474. The molecule has 2 rings (SSSR count). The van der Waals surface area contributed by atoms with Gasteiger partial charge in [-0.2, -0.15) is 0 Å². The third-order valence-electron chi connectivity index (χ3n) is 4.62. The van der Waals surface area contributed by atoms with Gasteiger partial charge in [0.25, 0.3) is 11.8 Å². The van der Waals surface area contributed by atoms with Gasteiger partial charge in [0, 0.05) is 24.9 Å². The van der Waals surface area contributed by atoms with E-state index in [0.717, 1.165) is 12.8 Å². The molecule has 1 aromatic rings. The summed E-state index contributed by atoms with van der Waals surface area (Å²) in [7, 11) is 0. The fourth-order valence-electron chi connectivity index (χ4n) is 2.94. The smallest absolute Gasteiger partial charge is 0.345 e. The van der Waals surface area contributed by atoms with Crippen molar-refractivity contribution in [2.75, 3.05) is 19.7 Å². The van der Waals surface area contributed by atoms with E-state index in [-0.39, 0.29) is 30.9 Å². The van der Waals surface area contributed by atoms with Crippen LogP contribution in [0, 0.1) is 12.1 Å². The number of nitrogens with two attached hydrogens (primary N) is 1. The number of carbonyl (C=O) groups is 4. The zero-order chi connectivity index (χ0) is 21.4. The van der Waals surface area contributed by atoms with E-state index in [0.29, 0.717) is 24.4 Å². The lowest BCUT2D eigenvalue weighted by Gasteiger charge is -2.30. The molecule has 0 spiro atoms. The minimum atomic E-state index is -1.18. The number of ether oxygens (including phenoxy) is 1. The Bertz CT molecular complexity index is 782. The van der Waals surface area contributed by atoms with E-state index >= 15 is 0 Å². The van der Waals surface area contributed by atoms with E-state index in [4.69, 9.17) is 10.5 Å². The van der Waals surface area contributed by atoms with Crippen molar-refractivity contribution < 1.29 is 29.0 Å². The molecule has 1 saturated heterocycles. The van der Waals surface area contributed by atoms with Crippen molar-refractivity contribution in [1.29, 1.82) is 0 Å². The maximum atomic E-state index is 12.6. The lowest BCUT2D eigenvalue weighted by atomic mass is 10.0. The van der Waals surface area contributed by atoms with Crippen LogP contribution in [-0.2, 0) is 14.4 Å². The first-order valence-electron chi connectivity index (χ1n) is 9.46. The first-order valence-corrected chi connectivity index (χ1v) is 9.46. The maximum absolute atomic E-state index is 12.6. The molecule has 1 heterocycles. The predicted molar refractivity (Wildman–Crippen MR) is 103 cm³/mol. The van der Waals surface area contributed by atoms with Gasteiger partial charge in [0.2, 0.25) is 5.91 Å². The summed E-state index contributed by atoms with van der Waals surface area (Å²) in [5.74, 6) is -2.05. The number of imide groups is 1. The summed E-state index contributed by atoms with van der Waals surface area (Å²) < 4.78 is 5.48. The van der Waals surface area contributed by atoms with Gasteiger partial charge in [-0.3, -0.25) is 24.8 Å². The average molecular weight is 406 g/mol. The number of unbranched alkanes of at least 4 members (excludes halogenated alkanes) is 1. The number of amides is 4. The number of rotatable bonds is 9. The number of hydrogen-bond donors (Lipinski definition) is 4. The van der Waals surface area contributed by atoms with Crippen molar-refractivity contribution in [3.63, 3.8) is 0 Å². The van der Waals surface area contributed by atoms with Crippen LogP contribution in [0.4, 0.5) is 0 Å². The predicted octanol–water partition coefficient (Wildman–Crippen LogP) is -1.44. The molecule has 158 valence electrons. The summed E-state index contributed by atoms with van der Waals surface area (Å²) in [6, 6.07) is 3.40. The van der Waals surface area contributed by atoms with E-state index in [1.807, 2.05) is 0 Å². The number of hydrogen-bond acceptors (Lipinski definition) is 7. The van der Waals surface area contributed by atoms with E-state index in [9.17, 15) is 24.4 Å². The van der Waals surface area contributed by atoms with Crippen LogP contribution in [0.1, 0.15) is 41.6 Å². The van der Waals surface area contributed by atoms with Gasteiger partial charge in [0.1, 0.15) is 5.75 Å². The number of quaternary nitrogens is 1. The summed E-state index contributed by atoms with van der Waals surface area (Å²) in [6.07, 6.45) is 1.60. The van der Waals surface area contributed by atoms with Crippen LogP contribution in [0.3, 0.4) is 0 Å². The minimum absolute atomic E-state index is 0.00874. The molecule has 10 nitrogen and oxygen atoms in total. The summed E-state index contributed by atoms with van der Waals surface area (Å²) in [4.78, 5) is 47.5. The third kappa shape index (κ3) is 6.08. The molecule has 10 heteroatoms. The third-order valence-corrected chi connectivity index (χ3v) is 4.62. The van der Waals surface area contributed by atoms with E-state index in [2.05, 4.69) is 10.6 Å². The molecule has 4 amide bonds. The zero-order valence-corrected chi connectivity index (χ0v) is 16.3. The second-order valence-corrected chi connectivity index (χ2v) is 6.76. The number of carbonyl (C=O) groups excluding carboxylic acids is 4. The van der Waals surface area contributed by atoms with Gasteiger partial charge in [-0.05, 0) is 38.4 Å². The number of piperidine rings is 1. The monoisotopic (exact) mass is 406 g/mol. The van der Waals surface area contributed by atoms with Crippen LogP contribution in [0.15, 0.2) is 18.2 Å². The first kappa shape index (κ1) is 22.5. The van der Waals surface area contributed by atoms with Crippen LogP contribution >= 0.6 is 0 Å². The normalized spacial score (nSPS) is 17.4. The Morgan fingerprint density at radius 2 is 2.10 bits per heavy atom. The van der Waals surface area contributed by atoms with E-state index in [1.54, 1.807) is 13.0 Å². The van der Waals surface area contributed by atoms with Crippen molar-refractivity contribution >= 4 is 23.6 Å². The van der Waals surface area contributed by atoms with Crippen molar-refractivity contribution in [3.05, 3.63) is 34.5 Å². The molecule has 0 bridgehead atoms. The molecule has 0 aromatic heterocycles. The van der Waals surface area contributed by atoms with Gasteiger partial charge >= 0.3 is 5.91 Å². The lowest BCUT2D eigenvalue weighted by Crippen LogP contribution is -3.15. The molecule has 1 aliphatic rings. The Labute approximate surface area is 168 Å². The highest BCUT2D eigenvalue weighted by atomic mass is 16.5. The maximum Gasteiger partial charge on any atom is 0.345 e. The first-order chi connectivity index (χ1) is 13.8. The molecule has 0 aliphatic carbocycles. The second kappa shape index (κ2) is 10.6. The van der Waals surface area contributed by atoms with Crippen LogP contribution in [0.5, 0.6) is 5.75 Å². The van der Waals surface area contributed by atoms with Gasteiger partial charge in [-0.25, -0.2) is 4.79 Å². The highest BCUT2D eigenvalue weighted by molar-refractivity contribution is 6.01. The van der Waals surface area contributed by atoms with E-state index < -0.39 is 28.8 Å². The Kier molecular flexibility index (Phi) is 8.25. The summed E-state index contributed by atoms with van der Waals surface area (Å²) in [5, 5.41) is 16.4. The molecule has 2 atom stereocenters. The van der Waals surface area contributed by atoms with E-state index in [1.165, 1.54) is 12.1 Å². The van der Waals surface area contributed by atoms with Crippen molar-refractivity contribution in [2.45, 2.75) is 38.6 Å². The SMILES string of the molecule is Cc1c(OCC(=O)NCCCCN)cccc1C(=O)[NH+]([O-])C1CCC(=O)NC1=O. The quantitative estimate of drug-likeness (QED) is 0.222. The number of hydroxylamine groups is 2. The molecule has 1 aliphatic heterocycles. The van der Waals surface area contributed by atoms with Crippen LogP contribution in [-0.4, -0.2) is 49.4 Å². The van der Waals surface area contributed by atoms with Crippen LogP contribution in [0.2, 0.25) is 0 Å². The van der Waals surface area contributed by atoms with Crippen LogP contribution in [0.25, 0.3) is 0 Å². The molecule has 0 radical (unpaired) electrons. The lowest BCUT2D eigenvalue weighted by molar-refractivity contribution is -0.777. The largest absolute Gasteiger partial charge is 0.626 e. The molecule has 29 heavy (non-hydrogen) atoms. The van der Waals surface area contributed by atoms with Crippen molar-refractivity contribution in [1.82, 2.24) is 10.6 Å². The number of nitrogens with one attached hydrogen (secondary N) is 3. The molecule has 1 aromatic carbocycles. The fourth-order valence-corrected chi connectivity index (χ4v) is 2.94. The van der Waals surface area contributed by atoms with Gasteiger partial charge in [0.15, 0.2) is 12.6 Å². The Hall–Kier alpha value is -2.82. The van der Waals surface area contributed by atoms with Gasteiger partial charge in [-0.15, -0.1) is 0 Å². The van der Waals surface area contributed by atoms with Crippen LogP contribution < -0.4 is 26.2 Å².